The predicted molar refractivity (Wildman–Crippen MR) is 143 cm³/mol. The molecule has 1 aliphatic carbocycles. The van der Waals surface area contributed by atoms with Gasteiger partial charge in [-0.1, -0.05) is 41.9 Å². The van der Waals surface area contributed by atoms with Gasteiger partial charge in [0.1, 0.15) is 17.0 Å². The van der Waals surface area contributed by atoms with E-state index in [4.69, 9.17) is 27.3 Å². The van der Waals surface area contributed by atoms with E-state index in [9.17, 15) is 0 Å². The minimum Gasteiger partial charge on any atom is -0.355 e. The monoisotopic (exact) mass is 502 g/mol. The maximum absolute atomic E-state index is 16.4. The van der Waals surface area contributed by atoms with Crippen molar-refractivity contribution >= 4 is 45.0 Å². The highest BCUT2D eigenvalue weighted by Crippen LogP contribution is 2.41. The predicted octanol–water partition coefficient (Wildman–Crippen LogP) is 5.41. The molecular formula is C28H28ClFN6. The van der Waals surface area contributed by atoms with Crippen LogP contribution in [0.2, 0.25) is 5.02 Å². The van der Waals surface area contributed by atoms with E-state index in [1.54, 1.807) is 6.20 Å². The van der Waals surface area contributed by atoms with Gasteiger partial charge in [0.05, 0.1) is 5.39 Å². The number of nitrogens with two attached hydrogens (primary N) is 1. The number of benzene rings is 2. The zero-order valence-corrected chi connectivity index (χ0v) is 21.0. The lowest BCUT2D eigenvalue weighted by molar-refractivity contribution is 0.360. The second kappa shape index (κ2) is 7.98. The molecule has 0 radical (unpaired) electrons. The molecule has 7 rings (SSSR count). The molecule has 2 N–H and O–H groups in total. The van der Waals surface area contributed by atoms with Crippen LogP contribution in [0.3, 0.4) is 0 Å². The van der Waals surface area contributed by atoms with Gasteiger partial charge in [0.25, 0.3) is 0 Å². The number of hydrogen-bond donors (Lipinski definition) is 1. The van der Waals surface area contributed by atoms with Crippen LogP contribution < -0.4 is 15.5 Å². The van der Waals surface area contributed by atoms with Crippen LogP contribution in [0.4, 0.5) is 16.2 Å². The molecule has 8 heteroatoms. The largest absolute Gasteiger partial charge is 0.355 e. The number of anilines is 2. The molecule has 0 amide bonds. The molecule has 184 valence electrons. The molecule has 2 aromatic heterocycles. The van der Waals surface area contributed by atoms with Crippen molar-refractivity contribution in [2.45, 2.75) is 31.7 Å². The maximum atomic E-state index is 16.4. The third-order valence-corrected chi connectivity index (χ3v) is 8.37. The van der Waals surface area contributed by atoms with Crippen LogP contribution in [0.15, 0.2) is 42.6 Å². The van der Waals surface area contributed by atoms with Crippen LogP contribution in [0.25, 0.3) is 32.9 Å². The molecule has 2 saturated heterocycles. The van der Waals surface area contributed by atoms with Crippen molar-refractivity contribution in [3.05, 3.63) is 53.4 Å². The molecule has 3 aliphatic rings. The Hall–Kier alpha value is -3.03. The summed E-state index contributed by atoms with van der Waals surface area (Å²) in [5.41, 5.74) is 7.21. The molecule has 3 fully saturated rings. The first-order chi connectivity index (χ1) is 17.4. The van der Waals surface area contributed by atoms with Gasteiger partial charge in [0.15, 0.2) is 5.82 Å². The summed E-state index contributed by atoms with van der Waals surface area (Å²) in [6.45, 7) is 5.18. The minimum atomic E-state index is -0.444. The van der Waals surface area contributed by atoms with Gasteiger partial charge >= 0.3 is 0 Å². The fraction of sp³-hybridized carbons (Fsp3) is 0.393. The molecular weight excluding hydrogens is 475 g/mol. The molecule has 2 atom stereocenters. The van der Waals surface area contributed by atoms with Crippen LogP contribution in [-0.2, 0) is 0 Å². The van der Waals surface area contributed by atoms with Gasteiger partial charge < -0.3 is 15.5 Å². The van der Waals surface area contributed by atoms with Crippen LogP contribution in [-0.4, -0.2) is 46.7 Å². The zero-order valence-electron chi connectivity index (χ0n) is 20.2. The standard InChI is InChI=1S/C28H28ClFN6/c1-28(31)14-36(15-28)27-33-25-20(26(34-27)35-12-16-8-9-17(10-16)13-35)11-32-24(23(25)30)19-6-2-4-18-5-3-7-21(29)22(18)19/h2-7,11,16-17H,8-10,12-15,31H2,1H3. The Kier molecular flexibility index (Phi) is 4.92. The number of halogens is 2. The van der Waals surface area contributed by atoms with E-state index in [0.29, 0.717) is 52.4 Å². The summed E-state index contributed by atoms with van der Waals surface area (Å²) in [5.74, 6) is 2.21. The SMILES string of the molecule is CC1(N)CN(c2nc(N3CC4CCC(C4)C3)c3cnc(-c4cccc5cccc(Cl)c45)c(F)c3n2)C1. The fourth-order valence-corrected chi connectivity index (χ4v) is 6.72. The Bertz CT molecular complexity index is 1500. The highest BCUT2D eigenvalue weighted by molar-refractivity contribution is 6.36. The van der Waals surface area contributed by atoms with Crippen molar-refractivity contribution in [2.24, 2.45) is 17.6 Å². The lowest BCUT2D eigenvalue weighted by Gasteiger charge is -2.45. The Labute approximate surface area is 214 Å². The Morgan fingerprint density at radius 3 is 2.47 bits per heavy atom. The quantitative estimate of drug-likeness (QED) is 0.404. The van der Waals surface area contributed by atoms with Gasteiger partial charge in [-0.15, -0.1) is 0 Å². The second-order valence-corrected chi connectivity index (χ2v) is 11.5. The lowest BCUT2D eigenvalue weighted by atomic mass is 9.94. The third kappa shape index (κ3) is 3.51. The van der Waals surface area contributed by atoms with Gasteiger partial charge in [-0.2, -0.15) is 4.98 Å². The summed E-state index contributed by atoms with van der Waals surface area (Å²) < 4.78 is 16.4. The summed E-state index contributed by atoms with van der Waals surface area (Å²) in [4.78, 5) is 18.7. The lowest BCUT2D eigenvalue weighted by Crippen LogP contribution is -2.66. The molecule has 1 saturated carbocycles. The number of fused-ring (bicyclic) bond motifs is 4. The van der Waals surface area contributed by atoms with E-state index in [1.807, 2.05) is 48.2 Å². The Morgan fingerprint density at radius 2 is 1.75 bits per heavy atom. The normalized spacial score (nSPS) is 22.9. The Morgan fingerprint density at radius 1 is 1.03 bits per heavy atom. The molecule has 2 aliphatic heterocycles. The summed E-state index contributed by atoms with van der Waals surface area (Å²) in [7, 11) is 0. The van der Waals surface area contributed by atoms with E-state index < -0.39 is 5.82 Å². The van der Waals surface area contributed by atoms with Gasteiger partial charge in [-0.3, -0.25) is 4.98 Å². The van der Waals surface area contributed by atoms with Crippen molar-refractivity contribution in [1.29, 1.82) is 0 Å². The van der Waals surface area contributed by atoms with Crippen LogP contribution in [0.1, 0.15) is 26.2 Å². The van der Waals surface area contributed by atoms with Crippen LogP contribution in [0, 0.1) is 17.7 Å². The third-order valence-electron chi connectivity index (χ3n) is 8.05. The molecule has 2 bridgehead atoms. The van der Waals surface area contributed by atoms with E-state index in [2.05, 4.69) is 9.88 Å². The highest BCUT2D eigenvalue weighted by Gasteiger charge is 2.38. The molecule has 6 nitrogen and oxygen atoms in total. The number of rotatable bonds is 3. The van der Waals surface area contributed by atoms with E-state index in [1.165, 1.54) is 19.3 Å². The number of piperidine rings is 1. The van der Waals surface area contributed by atoms with Crippen LogP contribution >= 0.6 is 11.6 Å². The van der Waals surface area contributed by atoms with E-state index in [-0.39, 0.29) is 11.2 Å². The van der Waals surface area contributed by atoms with Crippen molar-refractivity contribution in [1.82, 2.24) is 15.0 Å². The smallest absolute Gasteiger partial charge is 0.228 e. The Balaban J connectivity index is 1.42. The van der Waals surface area contributed by atoms with Crippen molar-refractivity contribution in [3.8, 4) is 11.3 Å². The first kappa shape index (κ1) is 22.2. The first-order valence-electron chi connectivity index (χ1n) is 12.7. The summed E-state index contributed by atoms with van der Waals surface area (Å²) in [5, 5.41) is 2.96. The van der Waals surface area contributed by atoms with Gasteiger partial charge in [0, 0.05) is 53.9 Å². The van der Waals surface area contributed by atoms with Crippen LogP contribution in [0.5, 0.6) is 0 Å². The number of hydrogen-bond acceptors (Lipinski definition) is 6. The van der Waals surface area contributed by atoms with Crippen molar-refractivity contribution < 1.29 is 4.39 Å². The first-order valence-corrected chi connectivity index (χ1v) is 13.1. The second-order valence-electron chi connectivity index (χ2n) is 11.1. The number of pyridine rings is 1. The van der Waals surface area contributed by atoms with Gasteiger partial charge in [0.2, 0.25) is 5.95 Å². The molecule has 4 heterocycles. The average Bonchev–Trinajstić information content (AvgIpc) is 3.19. The van der Waals surface area contributed by atoms with E-state index >= 15 is 4.39 Å². The minimum absolute atomic E-state index is 0.253. The fourth-order valence-electron chi connectivity index (χ4n) is 6.44. The summed E-state index contributed by atoms with van der Waals surface area (Å²) in [6.07, 6.45) is 5.53. The summed E-state index contributed by atoms with van der Waals surface area (Å²) in [6, 6.07) is 11.4. The maximum Gasteiger partial charge on any atom is 0.228 e. The molecule has 36 heavy (non-hydrogen) atoms. The highest BCUT2D eigenvalue weighted by atomic mass is 35.5. The van der Waals surface area contributed by atoms with Crippen molar-refractivity contribution in [3.63, 3.8) is 0 Å². The number of aromatic nitrogens is 3. The van der Waals surface area contributed by atoms with Gasteiger partial charge in [-0.05, 0) is 49.5 Å². The molecule has 2 unspecified atom stereocenters. The summed E-state index contributed by atoms with van der Waals surface area (Å²) >= 11 is 6.56. The van der Waals surface area contributed by atoms with Gasteiger partial charge in [-0.25, -0.2) is 9.37 Å². The zero-order chi connectivity index (χ0) is 24.6. The number of nitrogens with zero attached hydrogens (tertiary/aromatic N) is 5. The van der Waals surface area contributed by atoms with E-state index in [0.717, 1.165) is 29.7 Å². The molecule has 4 aromatic rings. The average molecular weight is 503 g/mol. The van der Waals surface area contributed by atoms with Crippen molar-refractivity contribution in [2.75, 3.05) is 36.0 Å². The topological polar surface area (TPSA) is 71.2 Å². The molecule has 2 aromatic carbocycles. The molecule has 0 spiro atoms.